The van der Waals surface area contributed by atoms with Crippen LogP contribution in [0.4, 0.5) is 0 Å². The van der Waals surface area contributed by atoms with Crippen molar-refractivity contribution in [3.63, 3.8) is 0 Å². The third-order valence-electron chi connectivity index (χ3n) is 3.06. The molecule has 3 rings (SSSR count). The smallest absolute Gasteiger partial charge is 0.134 e. The Morgan fingerprint density at radius 3 is 2.68 bits per heavy atom. The number of thiazole rings is 1. The van der Waals surface area contributed by atoms with Crippen molar-refractivity contribution in [2.45, 2.75) is 0 Å². The van der Waals surface area contributed by atoms with Gasteiger partial charge in [0, 0.05) is 5.38 Å². The van der Waals surface area contributed by atoms with Gasteiger partial charge in [0.15, 0.2) is 0 Å². The topological polar surface area (TPSA) is 45.9 Å². The van der Waals surface area contributed by atoms with Gasteiger partial charge in [0.05, 0.1) is 23.3 Å². The molecule has 0 amide bonds. The summed E-state index contributed by atoms with van der Waals surface area (Å²) in [5, 5.41) is 14.2. The van der Waals surface area contributed by atoms with Crippen molar-refractivity contribution in [3.8, 4) is 22.4 Å². The summed E-state index contributed by atoms with van der Waals surface area (Å²) in [6.45, 7) is 0. The second kappa shape index (κ2) is 6.56. The Hall–Kier alpha value is -2.42. The number of rotatable bonds is 4. The Bertz CT molecular complexity index is 824. The number of methoxy groups -OCH3 is 1. The molecule has 5 heteroatoms. The second-order valence-corrected chi connectivity index (χ2v) is 6.26. The molecule has 3 aromatic rings. The first kappa shape index (κ1) is 14.5. The fraction of sp³-hybridized carbons (Fsp3) is 0.0588. The molecule has 108 valence electrons. The third kappa shape index (κ3) is 3.08. The minimum atomic E-state index is 0.568. The standard InChI is InChI=1S/C17H12N2OS2/c1-20-14-6-4-12(5-7-14)9-13(10-18)17-19-15(11-22-17)16-3-2-8-21-16/h2-9,11H,1H3/b13-9-. The largest absolute Gasteiger partial charge is 0.497 e. The highest BCUT2D eigenvalue weighted by Gasteiger charge is 2.09. The van der Waals surface area contributed by atoms with Crippen LogP contribution in [0.5, 0.6) is 5.75 Å². The molecule has 0 aliphatic heterocycles. The Balaban J connectivity index is 1.90. The fourth-order valence-electron chi connectivity index (χ4n) is 1.94. The molecular weight excluding hydrogens is 312 g/mol. The van der Waals surface area contributed by atoms with Crippen LogP contribution in [0.15, 0.2) is 47.2 Å². The van der Waals surface area contributed by atoms with E-state index >= 15 is 0 Å². The van der Waals surface area contributed by atoms with Crippen molar-refractivity contribution in [2.75, 3.05) is 7.11 Å². The maximum Gasteiger partial charge on any atom is 0.134 e. The Labute approximate surface area is 136 Å². The van der Waals surface area contributed by atoms with E-state index in [4.69, 9.17) is 4.74 Å². The summed E-state index contributed by atoms with van der Waals surface area (Å²) >= 11 is 3.13. The molecule has 0 atom stereocenters. The molecule has 3 nitrogen and oxygen atoms in total. The van der Waals surface area contributed by atoms with Crippen molar-refractivity contribution < 1.29 is 4.74 Å². The lowest BCUT2D eigenvalue weighted by atomic mass is 10.1. The minimum Gasteiger partial charge on any atom is -0.497 e. The van der Waals surface area contributed by atoms with Gasteiger partial charge in [0.1, 0.15) is 16.8 Å². The molecule has 0 bridgehead atoms. The molecule has 0 radical (unpaired) electrons. The van der Waals surface area contributed by atoms with Gasteiger partial charge in [-0.3, -0.25) is 0 Å². The lowest BCUT2D eigenvalue weighted by molar-refractivity contribution is 0.415. The average molecular weight is 324 g/mol. The number of benzene rings is 1. The van der Waals surface area contributed by atoms with Crippen LogP contribution in [0.3, 0.4) is 0 Å². The van der Waals surface area contributed by atoms with Crippen LogP contribution >= 0.6 is 22.7 Å². The van der Waals surface area contributed by atoms with E-state index in [1.807, 2.05) is 53.2 Å². The number of hydrogen-bond acceptors (Lipinski definition) is 5. The number of ether oxygens (including phenoxy) is 1. The fourth-order valence-corrected chi connectivity index (χ4v) is 3.49. The summed E-state index contributed by atoms with van der Waals surface area (Å²) in [7, 11) is 1.63. The highest BCUT2D eigenvalue weighted by Crippen LogP contribution is 2.29. The van der Waals surface area contributed by atoms with Gasteiger partial charge in [-0.2, -0.15) is 5.26 Å². The number of thiophene rings is 1. The molecule has 0 saturated heterocycles. The van der Waals surface area contributed by atoms with Gasteiger partial charge in [-0.15, -0.1) is 22.7 Å². The van der Waals surface area contributed by atoms with E-state index < -0.39 is 0 Å². The van der Waals surface area contributed by atoms with Crippen LogP contribution < -0.4 is 4.74 Å². The summed E-state index contributed by atoms with van der Waals surface area (Å²) < 4.78 is 5.13. The first-order valence-corrected chi connectivity index (χ1v) is 8.31. The van der Waals surface area contributed by atoms with Crippen molar-refractivity contribution in [1.82, 2.24) is 4.98 Å². The quantitative estimate of drug-likeness (QED) is 0.638. The van der Waals surface area contributed by atoms with E-state index in [2.05, 4.69) is 11.1 Å². The summed E-state index contributed by atoms with van der Waals surface area (Å²) in [4.78, 5) is 5.68. The van der Waals surface area contributed by atoms with Crippen LogP contribution in [0, 0.1) is 11.3 Å². The molecule has 0 aliphatic carbocycles. The van der Waals surface area contributed by atoms with Crippen molar-refractivity contribution in [3.05, 3.63) is 57.7 Å². The van der Waals surface area contributed by atoms with E-state index in [-0.39, 0.29) is 0 Å². The number of allylic oxidation sites excluding steroid dienone is 1. The SMILES string of the molecule is COc1ccc(/C=C(/C#N)c2nc(-c3cccs3)cs2)cc1. The van der Waals surface area contributed by atoms with Crippen molar-refractivity contribution in [1.29, 1.82) is 5.26 Å². The highest BCUT2D eigenvalue weighted by molar-refractivity contribution is 7.14. The van der Waals surface area contributed by atoms with E-state index in [0.717, 1.165) is 26.9 Å². The first-order chi connectivity index (χ1) is 10.8. The zero-order valence-electron chi connectivity index (χ0n) is 11.8. The first-order valence-electron chi connectivity index (χ1n) is 6.56. The highest BCUT2D eigenvalue weighted by atomic mass is 32.1. The zero-order chi connectivity index (χ0) is 15.4. The van der Waals surface area contributed by atoms with Gasteiger partial charge in [-0.25, -0.2) is 4.98 Å². The maximum absolute atomic E-state index is 9.41. The predicted octanol–water partition coefficient (Wildman–Crippen LogP) is 4.94. The van der Waals surface area contributed by atoms with E-state index in [0.29, 0.717) is 5.57 Å². The summed E-state index contributed by atoms with van der Waals surface area (Å²) in [6, 6.07) is 13.9. The molecule has 0 saturated carbocycles. The molecule has 2 heterocycles. The average Bonchev–Trinajstić information content (AvgIpc) is 3.24. The number of nitrogens with zero attached hydrogens (tertiary/aromatic N) is 2. The molecule has 0 spiro atoms. The van der Waals surface area contributed by atoms with Crippen LogP contribution in [0.2, 0.25) is 0 Å². The molecule has 0 fully saturated rings. The van der Waals surface area contributed by atoms with Gasteiger partial charge in [-0.05, 0) is 35.2 Å². The normalized spacial score (nSPS) is 11.2. The molecule has 0 aliphatic rings. The molecule has 0 N–H and O–H groups in total. The van der Waals surface area contributed by atoms with E-state index in [1.54, 1.807) is 18.4 Å². The Kier molecular flexibility index (Phi) is 4.33. The molecule has 22 heavy (non-hydrogen) atoms. The molecule has 2 aromatic heterocycles. The van der Waals surface area contributed by atoms with Gasteiger partial charge >= 0.3 is 0 Å². The lowest BCUT2D eigenvalue weighted by Gasteiger charge is -1.99. The summed E-state index contributed by atoms with van der Waals surface area (Å²) in [6.07, 6.45) is 1.84. The summed E-state index contributed by atoms with van der Waals surface area (Å²) in [5.74, 6) is 0.796. The number of aromatic nitrogens is 1. The van der Waals surface area contributed by atoms with Gasteiger partial charge in [-0.1, -0.05) is 18.2 Å². The Morgan fingerprint density at radius 2 is 2.05 bits per heavy atom. The van der Waals surface area contributed by atoms with Crippen LogP contribution in [-0.2, 0) is 0 Å². The molecule has 0 unspecified atom stereocenters. The monoisotopic (exact) mass is 324 g/mol. The number of nitriles is 1. The Morgan fingerprint density at radius 1 is 1.23 bits per heavy atom. The van der Waals surface area contributed by atoms with Crippen LogP contribution in [-0.4, -0.2) is 12.1 Å². The van der Waals surface area contributed by atoms with Crippen LogP contribution in [0.25, 0.3) is 22.2 Å². The lowest BCUT2D eigenvalue weighted by Crippen LogP contribution is -1.84. The van der Waals surface area contributed by atoms with E-state index in [9.17, 15) is 5.26 Å². The van der Waals surface area contributed by atoms with Crippen LogP contribution in [0.1, 0.15) is 10.6 Å². The second-order valence-electron chi connectivity index (χ2n) is 4.46. The van der Waals surface area contributed by atoms with Crippen molar-refractivity contribution >= 4 is 34.3 Å². The number of hydrogen-bond donors (Lipinski definition) is 0. The maximum atomic E-state index is 9.41. The van der Waals surface area contributed by atoms with Gasteiger partial charge in [0.25, 0.3) is 0 Å². The molecular formula is C17H12N2OS2. The molecule has 1 aromatic carbocycles. The zero-order valence-corrected chi connectivity index (χ0v) is 13.4. The van der Waals surface area contributed by atoms with Crippen molar-refractivity contribution in [2.24, 2.45) is 0 Å². The van der Waals surface area contributed by atoms with Gasteiger partial charge < -0.3 is 4.74 Å². The van der Waals surface area contributed by atoms with Gasteiger partial charge in [0.2, 0.25) is 0 Å². The third-order valence-corrected chi connectivity index (χ3v) is 4.82. The summed E-state index contributed by atoms with van der Waals surface area (Å²) in [5.41, 5.74) is 2.44. The predicted molar refractivity (Wildman–Crippen MR) is 91.9 cm³/mol. The minimum absolute atomic E-state index is 0.568. The van der Waals surface area contributed by atoms with E-state index in [1.165, 1.54) is 11.3 Å².